The zero-order valence-electron chi connectivity index (χ0n) is 18.2. The summed E-state index contributed by atoms with van der Waals surface area (Å²) in [5.74, 6) is -0.427. The van der Waals surface area contributed by atoms with Crippen LogP contribution in [0.15, 0.2) is 54.6 Å². The smallest absolute Gasteiger partial charge is 0.335 e. The van der Waals surface area contributed by atoms with E-state index in [9.17, 15) is 22.8 Å². The second kappa shape index (κ2) is 8.73. The van der Waals surface area contributed by atoms with Gasteiger partial charge in [-0.15, -0.1) is 0 Å². The molecule has 0 spiro atoms. The summed E-state index contributed by atoms with van der Waals surface area (Å²) >= 11 is 0. The summed E-state index contributed by atoms with van der Waals surface area (Å²) in [5, 5.41) is 6.87. The highest BCUT2D eigenvalue weighted by Crippen LogP contribution is 2.35. The van der Waals surface area contributed by atoms with Gasteiger partial charge in [-0.05, 0) is 36.6 Å². The Kier molecular flexibility index (Phi) is 5.97. The van der Waals surface area contributed by atoms with E-state index in [-0.39, 0.29) is 23.8 Å². The van der Waals surface area contributed by atoms with Crippen LogP contribution < -0.4 is 5.32 Å². The maximum atomic E-state index is 13.5. The lowest BCUT2D eigenvalue weighted by Crippen LogP contribution is -2.40. The first-order chi connectivity index (χ1) is 15.6. The van der Waals surface area contributed by atoms with Gasteiger partial charge in [-0.3, -0.25) is 9.59 Å². The van der Waals surface area contributed by atoms with Crippen molar-refractivity contribution in [1.82, 2.24) is 14.7 Å². The third-order valence-electron chi connectivity index (χ3n) is 5.73. The minimum Gasteiger partial charge on any atom is -0.335 e. The fraction of sp³-hybridized carbons (Fsp3) is 0.292. The number of carbonyl (C=O) groups is 2. The Morgan fingerprint density at radius 2 is 1.82 bits per heavy atom. The van der Waals surface area contributed by atoms with Crippen LogP contribution in [0.1, 0.15) is 41.8 Å². The molecule has 0 saturated carbocycles. The first kappa shape index (κ1) is 22.6. The van der Waals surface area contributed by atoms with Crippen molar-refractivity contribution in [3.8, 4) is 5.69 Å². The number of benzene rings is 2. The molecule has 1 aliphatic heterocycles. The fourth-order valence-electron chi connectivity index (χ4n) is 4.29. The second-order valence-corrected chi connectivity index (χ2v) is 8.03. The Labute approximate surface area is 189 Å². The lowest BCUT2D eigenvalue weighted by Gasteiger charge is -2.36. The third-order valence-corrected chi connectivity index (χ3v) is 5.73. The molecule has 1 N–H and O–H groups in total. The molecule has 2 amide bonds. The van der Waals surface area contributed by atoms with Crippen molar-refractivity contribution < 1.29 is 22.8 Å². The second-order valence-electron chi connectivity index (χ2n) is 8.03. The minimum absolute atomic E-state index is 0.0261. The number of aromatic nitrogens is 2. The molecule has 0 fully saturated rings. The standard InChI is InChI=1S/C24H23F3N4O2/c1-15-13-22(31(29-15)20-10-6-5-9-19(20)24(25,26)27)28-23(33)14-21-18-8-4-3-7-17(18)11-12-30(21)16(2)32/h3-10,13,21H,11-12,14H2,1-2H3,(H,28,33). The van der Waals surface area contributed by atoms with E-state index in [1.54, 1.807) is 11.8 Å². The summed E-state index contributed by atoms with van der Waals surface area (Å²) in [5.41, 5.74) is 1.40. The highest BCUT2D eigenvalue weighted by Gasteiger charge is 2.35. The summed E-state index contributed by atoms with van der Waals surface area (Å²) in [7, 11) is 0. The van der Waals surface area contributed by atoms with Gasteiger partial charge < -0.3 is 10.2 Å². The van der Waals surface area contributed by atoms with Gasteiger partial charge in [0.1, 0.15) is 5.82 Å². The summed E-state index contributed by atoms with van der Waals surface area (Å²) in [6.45, 7) is 3.60. The van der Waals surface area contributed by atoms with Gasteiger partial charge in [0.05, 0.1) is 29.4 Å². The van der Waals surface area contributed by atoms with E-state index in [4.69, 9.17) is 0 Å². The van der Waals surface area contributed by atoms with Gasteiger partial charge in [0.15, 0.2) is 0 Å². The average molecular weight is 456 g/mol. The number of fused-ring (bicyclic) bond motifs is 1. The zero-order valence-corrected chi connectivity index (χ0v) is 18.2. The van der Waals surface area contributed by atoms with Crippen molar-refractivity contribution >= 4 is 17.6 Å². The largest absolute Gasteiger partial charge is 0.418 e. The van der Waals surface area contributed by atoms with Gasteiger partial charge in [0.2, 0.25) is 11.8 Å². The third kappa shape index (κ3) is 4.62. The maximum Gasteiger partial charge on any atom is 0.418 e. The minimum atomic E-state index is -4.58. The molecule has 0 saturated heterocycles. The quantitative estimate of drug-likeness (QED) is 0.620. The molecule has 3 aromatic rings. The van der Waals surface area contributed by atoms with E-state index < -0.39 is 23.7 Å². The van der Waals surface area contributed by atoms with E-state index in [1.165, 1.54) is 31.2 Å². The number of para-hydroxylation sites is 1. The first-order valence-electron chi connectivity index (χ1n) is 10.5. The van der Waals surface area contributed by atoms with E-state index in [2.05, 4.69) is 10.4 Å². The van der Waals surface area contributed by atoms with Crippen LogP contribution in [0.3, 0.4) is 0 Å². The van der Waals surface area contributed by atoms with Gasteiger partial charge in [-0.2, -0.15) is 18.3 Å². The van der Waals surface area contributed by atoms with Gasteiger partial charge in [-0.1, -0.05) is 36.4 Å². The number of hydrogen-bond acceptors (Lipinski definition) is 3. The molecule has 1 aliphatic rings. The van der Waals surface area contributed by atoms with Gasteiger partial charge in [-0.25, -0.2) is 4.68 Å². The topological polar surface area (TPSA) is 67.2 Å². The molecular weight excluding hydrogens is 433 g/mol. The lowest BCUT2D eigenvalue weighted by atomic mass is 9.90. The van der Waals surface area contributed by atoms with Crippen LogP contribution >= 0.6 is 0 Å². The van der Waals surface area contributed by atoms with E-state index >= 15 is 0 Å². The van der Waals surface area contributed by atoms with Crippen LogP contribution in [0.5, 0.6) is 0 Å². The molecule has 1 unspecified atom stereocenters. The molecule has 1 aromatic heterocycles. The van der Waals surface area contributed by atoms with Crippen LogP contribution in [-0.4, -0.2) is 33.0 Å². The number of rotatable bonds is 4. The van der Waals surface area contributed by atoms with Crippen molar-refractivity contribution in [2.45, 2.75) is 38.9 Å². The average Bonchev–Trinajstić information content (AvgIpc) is 3.12. The molecule has 0 aliphatic carbocycles. The van der Waals surface area contributed by atoms with Gasteiger partial charge in [0.25, 0.3) is 0 Å². The van der Waals surface area contributed by atoms with Crippen molar-refractivity contribution in [3.05, 3.63) is 77.0 Å². The summed E-state index contributed by atoms with van der Waals surface area (Å²) in [6, 6.07) is 13.8. The van der Waals surface area contributed by atoms with Crippen LogP contribution in [0.2, 0.25) is 0 Å². The van der Waals surface area contributed by atoms with E-state index in [0.29, 0.717) is 18.7 Å². The molecule has 4 rings (SSSR count). The number of carbonyl (C=O) groups excluding carboxylic acids is 2. The van der Waals surface area contributed by atoms with Crippen molar-refractivity contribution in [1.29, 1.82) is 0 Å². The predicted octanol–water partition coefficient (Wildman–Crippen LogP) is 4.67. The molecule has 0 radical (unpaired) electrons. The van der Waals surface area contributed by atoms with Crippen molar-refractivity contribution in [2.75, 3.05) is 11.9 Å². The summed E-state index contributed by atoms with van der Waals surface area (Å²) < 4.78 is 41.7. The van der Waals surface area contributed by atoms with Gasteiger partial charge >= 0.3 is 6.18 Å². The molecule has 0 bridgehead atoms. The highest BCUT2D eigenvalue weighted by atomic mass is 19.4. The Bertz CT molecular complexity index is 1200. The van der Waals surface area contributed by atoms with Crippen molar-refractivity contribution in [3.63, 3.8) is 0 Å². The molecule has 9 heteroatoms. The van der Waals surface area contributed by atoms with Crippen LogP contribution in [0, 0.1) is 6.92 Å². The molecular formula is C24H23F3N4O2. The Hall–Kier alpha value is -3.62. The number of alkyl halides is 3. The zero-order chi connectivity index (χ0) is 23.8. The maximum absolute atomic E-state index is 13.5. The van der Waals surface area contributed by atoms with Crippen LogP contribution in [0.25, 0.3) is 5.69 Å². The predicted molar refractivity (Wildman–Crippen MR) is 117 cm³/mol. The molecule has 1 atom stereocenters. The number of halogens is 3. The normalized spacial score (nSPS) is 15.8. The summed E-state index contributed by atoms with van der Waals surface area (Å²) in [6.07, 6.45) is -3.90. The molecule has 172 valence electrons. The number of nitrogens with zero attached hydrogens (tertiary/aromatic N) is 3. The number of anilines is 1. The van der Waals surface area contributed by atoms with Crippen molar-refractivity contribution in [2.24, 2.45) is 0 Å². The Balaban J connectivity index is 1.63. The van der Waals surface area contributed by atoms with Crippen LogP contribution in [0.4, 0.5) is 19.0 Å². The molecule has 2 heterocycles. The lowest BCUT2D eigenvalue weighted by molar-refractivity contribution is -0.137. The SMILES string of the molecule is CC(=O)N1CCc2ccccc2C1CC(=O)Nc1cc(C)nn1-c1ccccc1C(F)(F)F. The molecule has 33 heavy (non-hydrogen) atoms. The number of nitrogens with one attached hydrogen (secondary N) is 1. The number of aryl methyl sites for hydroxylation is 1. The molecule has 2 aromatic carbocycles. The fourth-order valence-corrected chi connectivity index (χ4v) is 4.29. The Morgan fingerprint density at radius 3 is 2.55 bits per heavy atom. The number of amides is 2. The monoisotopic (exact) mass is 456 g/mol. The first-order valence-corrected chi connectivity index (χ1v) is 10.5. The number of hydrogen-bond donors (Lipinski definition) is 1. The van der Waals surface area contributed by atoms with E-state index in [0.717, 1.165) is 21.9 Å². The highest BCUT2D eigenvalue weighted by molar-refractivity contribution is 5.91. The van der Waals surface area contributed by atoms with Gasteiger partial charge in [0, 0.05) is 19.5 Å². The van der Waals surface area contributed by atoms with E-state index in [1.807, 2.05) is 24.3 Å². The summed E-state index contributed by atoms with van der Waals surface area (Å²) in [4.78, 5) is 26.9. The molecule has 6 nitrogen and oxygen atoms in total. The van der Waals surface area contributed by atoms with Crippen LogP contribution in [-0.2, 0) is 22.2 Å². The Morgan fingerprint density at radius 1 is 1.12 bits per heavy atom.